The Morgan fingerprint density at radius 2 is 1.90 bits per heavy atom. The minimum atomic E-state index is -0.00116. The van der Waals surface area contributed by atoms with Crippen molar-refractivity contribution in [1.82, 2.24) is 4.90 Å². The van der Waals surface area contributed by atoms with Crippen molar-refractivity contribution in [3.8, 4) is 0 Å². The van der Waals surface area contributed by atoms with Gasteiger partial charge in [0, 0.05) is 10.8 Å². The first kappa shape index (κ1) is 14.4. The molecule has 2 bridgehead atoms. The third-order valence-corrected chi connectivity index (χ3v) is 6.19. The first-order valence-electron chi connectivity index (χ1n) is 8.34. The normalized spacial score (nSPS) is 40.0. The van der Waals surface area contributed by atoms with Crippen molar-refractivity contribution >= 4 is 5.97 Å². The van der Waals surface area contributed by atoms with E-state index >= 15 is 0 Å². The molecule has 2 saturated carbocycles. The lowest BCUT2D eigenvalue weighted by molar-refractivity contribution is -0.166. The highest BCUT2D eigenvalue weighted by Gasteiger charge is 2.61. The average Bonchev–Trinajstić information content (AvgIpc) is 2.87. The van der Waals surface area contributed by atoms with Crippen LogP contribution in [0.3, 0.4) is 0 Å². The highest BCUT2D eigenvalue weighted by atomic mass is 16.5. The maximum atomic E-state index is 12.3. The van der Waals surface area contributed by atoms with Crippen LogP contribution in [0.2, 0.25) is 0 Å². The summed E-state index contributed by atoms with van der Waals surface area (Å²) < 4.78 is 5.99. The van der Waals surface area contributed by atoms with Crippen LogP contribution in [-0.4, -0.2) is 36.6 Å². The van der Waals surface area contributed by atoms with Crippen LogP contribution in [0.25, 0.3) is 0 Å². The number of hydrogen-bond acceptors (Lipinski definition) is 3. The zero-order chi connectivity index (χ0) is 14.4. The lowest BCUT2D eigenvalue weighted by Gasteiger charge is -2.42. The predicted octanol–water partition coefficient (Wildman–Crippen LogP) is 3.23. The zero-order valence-corrected chi connectivity index (χ0v) is 13.3. The van der Waals surface area contributed by atoms with Crippen molar-refractivity contribution in [2.24, 2.45) is 16.7 Å². The molecule has 0 radical (unpaired) electrons. The number of likely N-dealkylation sites (tertiary alicyclic amines) is 1. The number of rotatable bonds is 3. The van der Waals surface area contributed by atoms with Gasteiger partial charge in [-0.15, -0.1) is 0 Å². The van der Waals surface area contributed by atoms with E-state index in [4.69, 9.17) is 4.74 Å². The van der Waals surface area contributed by atoms with Gasteiger partial charge in [-0.1, -0.05) is 27.2 Å². The Labute approximate surface area is 123 Å². The number of nitrogens with zero attached hydrogens (tertiary/aromatic N) is 1. The minimum Gasteiger partial charge on any atom is -0.460 e. The van der Waals surface area contributed by atoms with Gasteiger partial charge in [-0.2, -0.15) is 0 Å². The lowest BCUT2D eigenvalue weighted by atomic mass is 9.70. The molecule has 2 aliphatic carbocycles. The fourth-order valence-corrected chi connectivity index (χ4v) is 5.02. The van der Waals surface area contributed by atoms with Crippen molar-refractivity contribution in [2.75, 3.05) is 19.6 Å². The van der Waals surface area contributed by atoms with E-state index < -0.39 is 0 Å². The van der Waals surface area contributed by atoms with Gasteiger partial charge in [0.25, 0.3) is 0 Å². The number of hydrogen-bond donors (Lipinski definition) is 0. The van der Waals surface area contributed by atoms with Crippen LogP contribution in [0.5, 0.6) is 0 Å². The van der Waals surface area contributed by atoms with Gasteiger partial charge in [0.1, 0.15) is 6.10 Å². The summed E-state index contributed by atoms with van der Waals surface area (Å²) in [6.07, 6.45) is 7.64. The third-order valence-electron chi connectivity index (χ3n) is 6.19. The van der Waals surface area contributed by atoms with Gasteiger partial charge < -0.3 is 4.74 Å². The van der Waals surface area contributed by atoms with Gasteiger partial charge in [-0.05, 0) is 51.1 Å². The topological polar surface area (TPSA) is 29.5 Å². The summed E-state index contributed by atoms with van der Waals surface area (Å²) >= 11 is 0. The maximum Gasteiger partial charge on any atom is 0.320 e. The molecular formula is C17H29NO2. The van der Waals surface area contributed by atoms with Crippen molar-refractivity contribution < 1.29 is 9.53 Å². The number of piperidine rings is 1. The number of esters is 1. The standard InChI is InChI=1S/C17H29NO2/c1-16(2)13-7-8-17(3,11-13)15(16)20-14(19)12-18-9-5-4-6-10-18/h13,15H,4-12H2,1-3H3/t13-,15-,17+/m0/s1. The van der Waals surface area contributed by atoms with E-state index in [2.05, 4.69) is 25.7 Å². The number of fused-ring (bicyclic) bond motifs is 2. The lowest BCUT2D eigenvalue weighted by Crippen LogP contribution is -2.45. The SMILES string of the molecule is CC1(C)[C@H]2CC[C@](C)(C2)[C@H]1OC(=O)CN1CCCCC1. The summed E-state index contributed by atoms with van der Waals surface area (Å²) in [6.45, 7) is 9.52. The highest BCUT2D eigenvalue weighted by Crippen LogP contribution is 2.63. The van der Waals surface area contributed by atoms with Crippen LogP contribution >= 0.6 is 0 Å². The van der Waals surface area contributed by atoms with Crippen LogP contribution in [0.4, 0.5) is 0 Å². The van der Waals surface area contributed by atoms with E-state index in [1.165, 1.54) is 38.5 Å². The fraction of sp³-hybridized carbons (Fsp3) is 0.941. The van der Waals surface area contributed by atoms with E-state index in [-0.39, 0.29) is 22.9 Å². The predicted molar refractivity (Wildman–Crippen MR) is 79.4 cm³/mol. The second-order valence-corrected chi connectivity index (χ2v) is 8.12. The van der Waals surface area contributed by atoms with Crippen LogP contribution < -0.4 is 0 Å². The van der Waals surface area contributed by atoms with E-state index in [9.17, 15) is 4.79 Å². The molecule has 3 fully saturated rings. The van der Waals surface area contributed by atoms with Gasteiger partial charge >= 0.3 is 5.97 Å². The smallest absolute Gasteiger partial charge is 0.320 e. The first-order chi connectivity index (χ1) is 9.42. The summed E-state index contributed by atoms with van der Waals surface area (Å²) in [5, 5.41) is 0. The Morgan fingerprint density at radius 1 is 1.20 bits per heavy atom. The van der Waals surface area contributed by atoms with Crippen LogP contribution in [0, 0.1) is 16.7 Å². The highest BCUT2D eigenvalue weighted by molar-refractivity contribution is 5.72. The Balaban J connectivity index is 1.60. The van der Waals surface area contributed by atoms with Crippen molar-refractivity contribution in [2.45, 2.75) is 65.4 Å². The van der Waals surface area contributed by atoms with E-state index in [0.29, 0.717) is 6.54 Å². The second kappa shape index (κ2) is 5.01. The molecule has 114 valence electrons. The van der Waals surface area contributed by atoms with E-state index in [1.54, 1.807) is 0 Å². The van der Waals surface area contributed by atoms with Gasteiger partial charge in [-0.3, -0.25) is 9.69 Å². The number of carbonyl (C=O) groups is 1. The molecule has 1 heterocycles. The molecule has 3 nitrogen and oxygen atoms in total. The molecule has 3 heteroatoms. The Kier molecular flexibility index (Phi) is 3.60. The van der Waals surface area contributed by atoms with Crippen molar-refractivity contribution in [3.63, 3.8) is 0 Å². The molecule has 1 saturated heterocycles. The minimum absolute atomic E-state index is 0.00116. The van der Waals surface area contributed by atoms with Gasteiger partial charge in [-0.25, -0.2) is 0 Å². The summed E-state index contributed by atoms with van der Waals surface area (Å²) in [7, 11) is 0. The molecular weight excluding hydrogens is 250 g/mol. The quantitative estimate of drug-likeness (QED) is 0.743. The molecule has 0 aromatic rings. The maximum absolute atomic E-state index is 12.3. The monoisotopic (exact) mass is 279 g/mol. The molecule has 20 heavy (non-hydrogen) atoms. The van der Waals surface area contributed by atoms with Gasteiger partial charge in [0.2, 0.25) is 0 Å². The molecule has 0 aromatic carbocycles. The number of ether oxygens (including phenoxy) is 1. The van der Waals surface area contributed by atoms with E-state index in [1.807, 2.05) is 0 Å². The fourth-order valence-electron chi connectivity index (χ4n) is 5.02. The molecule has 1 aliphatic heterocycles. The van der Waals surface area contributed by atoms with Crippen LogP contribution in [0.15, 0.2) is 0 Å². The molecule has 0 aromatic heterocycles. The molecule has 0 spiro atoms. The van der Waals surface area contributed by atoms with Crippen molar-refractivity contribution in [3.05, 3.63) is 0 Å². The largest absolute Gasteiger partial charge is 0.460 e. The molecule has 3 atom stereocenters. The Hall–Kier alpha value is -0.570. The summed E-state index contributed by atoms with van der Waals surface area (Å²) in [4.78, 5) is 14.6. The molecule has 0 amide bonds. The summed E-state index contributed by atoms with van der Waals surface area (Å²) in [5.41, 5.74) is 0.385. The Morgan fingerprint density at radius 3 is 2.50 bits per heavy atom. The molecule has 3 rings (SSSR count). The molecule has 3 aliphatic rings. The van der Waals surface area contributed by atoms with Gasteiger partial charge in [0.15, 0.2) is 0 Å². The summed E-state index contributed by atoms with van der Waals surface area (Å²) in [6, 6.07) is 0. The zero-order valence-electron chi connectivity index (χ0n) is 13.3. The third kappa shape index (κ3) is 2.38. The Bertz CT molecular complexity index is 382. The van der Waals surface area contributed by atoms with Crippen molar-refractivity contribution in [1.29, 1.82) is 0 Å². The average molecular weight is 279 g/mol. The first-order valence-corrected chi connectivity index (χ1v) is 8.34. The second-order valence-electron chi connectivity index (χ2n) is 8.12. The van der Waals surface area contributed by atoms with E-state index in [0.717, 1.165) is 19.0 Å². The van der Waals surface area contributed by atoms with Gasteiger partial charge in [0.05, 0.1) is 6.54 Å². The van der Waals surface area contributed by atoms with Crippen LogP contribution in [-0.2, 0) is 9.53 Å². The molecule has 0 unspecified atom stereocenters. The molecule has 0 N–H and O–H groups in total. The summed E-state index contributed by atoms with van der Waals surface area (Å²) in [5.74, 6) is 0.735. The van der Waals surface area contributed by atoms with Crippen LogP contribution in [0.1, 0.15) is 59.3 Å². The number of carbonyl (C=O) groups excluding carboxylic acids is 1.